The molecule has 1 unspecified atom stereocenters. The van der Waals surface area contributed by atoms with Crippen LogP contribution in [0, 0.1) is 17.2 Å². The second-order valence-corrected chi connectivity index (χ2v) is 4.08. The molecule has 12 heavy (non-hydrogen) atoms. The number of rotatable bonds is 2. The highest BCUT2D eigenvalue weighted by molar-refractivity contribution is 9.10. The smallest absolute Gasteiger partial charge is 0.190 e. The summed E-state index contributed by atoms with van der Waals surface area (Å²) in [6, 6.07) is 3.72. The van der Waals surface area contributed by atoms with Crippen molar-refractivity contribution >= 4 is 33.0 Å². The van der Waals surface area contributed by atoms with Gasteiger partial charge in [-0.05, 0) is 34.3 Å². The van der Waals surface area contributed by atoms with Gasteiger partial charge in [0.15, 0.2) is 5.78 Å². The first kappa shape index (κ1) is 9.43. The maximum Gasteiger partial charge on any atom is 0.190 e. The van der Waals surface area contributed by atoms with Crippen molar-refractivity contribution in [2.24, 2.45) is 5.92 Å². The van der Waals surface area contributed by atoms with Gasteiger partial charge in [0.2, 0.25) is 0 Å². The molecule has 1 aromatic rings. The predicted octanol–water partition coefficient (Wildman–Crippen LogP) is 2.85. The van der Waals surface area contributed by atoms with Crippen LogP contribution in [0.2, 0.25) is 0 Å². The van der Waals surface area contributed by atoms with Gasteiger partial charge in [-0.1, -0.05) is 0 Å². The topological polar surface area (TPSA) is 40.9 Å². The Hall–Kier alpha value is -0.660. The highest BCUT2D eigenvalue weighted by Crippen LogP contribution is 2.25. The van der Waals surface area contributed by atoms with Crippen LogP contribution in [0.1, 0.15) is 16.6 Å². The van der Waals surface area contributed by atoms with Crippen molar-refractivity contribution < 1.29 is 4.79 Å². The molecule has 0 spiro atoms. The molecule has 0 aromatic carbocycles. The molecule has 0 fully saturated rings. The van der Waals surface area contributed by atoms with Crippen LogP contribution < -0.4 is 0 Å². The lowest BCUT2D eigenvalue weighted by Crippen LogP contribution is -2.07. The highest BCUT2D eigenvalue weighted by atomic mass is 79.9. The van der Waals surface area contributed by atoms with Gasteiger partial charge in [-0.3, -0.25) is 4.79 Å². The van der Waals surface area contributed by atoms with E-state index in [9.17, 15) is 4.79 Å². The number of carbonyl (C=O) groups is 1. The van der Waals surface area contributed by atoms with E-state index in [-0.39, 0.29) is 5.78 Å². The fourth-order valence-electron chi connectivity index (χ4n) is 0.725. The Labute approximate surface area is 83.0 Å². The fourth-order valence-corrected chi connectivity index (χ4v) is 2.32. The van der Waals surface area contributed by atoms with E-state index >= 15 is 0 Å². The first-order valence-corrected chi connectivity index (χ1v) is 5.01. The summed E-state index contributed by atoms with van der Waals surface area (Å²) in [5.41, 5.74) is 0. The molecule has 1 atom stereocenters. The van der Waals surface area contributed by atoms with Crippen LogP contribution in [-0.4, -0.2) is 5.78 Å². The van der Waals surface area contributed by atoms with E-state index in [1.807, 2.05) is 17.5 Å². The Kier molecular flexibility index (Phi) is 3.01. The number of nitrogens with zero attached hydrogens (tertiary/aromatic N) is 1. The second kappa shape index (κ2) is 3.83. The number of hydrogen-bond donors (Lipinski definition) is 0. The summed E-state index contributed by atoms with van der Waals surface area (Å²) >= 11 is 4.60. The van der Waals surface area contributed by atoms with E-state index in [2.05, 4.69) is 15.9 Å². The summed E-state index contributed by atoms with van der Waals surface area (Å²) in [6.07, 6.45) is 0. The number of ketones is 1. The van der Waals surface area contributed by atoms with E-state index in [1.54, 1.807) is 6.92 Å². The molecule has 0 saturated carbocycles. The largest absolute Gasteiger partial charge is 0.292 e. The molecule has 0 radical (unpaired) electrons. The Morgan fingerprint density at radius 1 is 1.83 bits per heavy atom. The monoisotopic (exact) mass is 243 g/mol. The third kappa shape index (κ3) is 1.74. The SMILES string of the molecule is CC(C#N)C(=O)c1sccc1Br. The van der Waals surface area contributed by atoms with Crippen molar-refractivity contribution in [3.63, 3.8) is 0 Å². The van der Waals surface area contributed by atoms with Crippen molar-refractivity contribution in [1.82, 2.24) is 0 Å². The molecule has 4 heteroatoms. The zero-order chi connectivity index (χ0) is 9.14. The van der Waals surface area contributed by atoms with Crippen LogP contribution in [0.15, 0.2) is 15.9 Å². The van der Waals surface area contributed by atoms with Crippen molar-refractivity contribution in [1.29, 1.82) is 5.26 Å². The molecule has 0 aliphatic rings. The minimum absolute atomic E-state index is 0.112. The Morgan fingerprint density at radius 3 is 2.92 bits per heavy atom. The Balaban J connectivity index is 2.94. The minimum atomic E-state index is -0.556. The van der Waals surface area contributed by atoms with Gasteiger partial charge in [-0.2, -0.15) is 5.26 Å². The van der Waals surface area contributed by atoms with E-state index in [0.29, 0.717) is 4.88 Å². The van der Waals surface area contributed by atoms with Crippen molar-refractivity contribution in [3.8, 4) is 6.07 Å². The van der Waals surface area contributed by atoms with Gasteiger partial charge >= 0.3 is 0 Å². The lowest BCUT2D eigenvalue weighted by molar-refractivity contribution is 0.0960. The van der Waals surface area contributed by atoms with Gasteiger partial charge in [0.25, 0.3) is 0 Å². The molecule has 0 N–H and O–H groups in total. The van der Waals surface area contributed by atoms with Crippen LogP contribution in [0.25, 0.3) is 0 Å². The average molecular weight is 244 g/mol. The number of halogens is 1. The third-order valence-corrected chi connectivity index (χ3v) is 3.28. The van der Waals surface area contributed by atoms with Crippen LogP contribution >= 0.6 is 27.3 Å². The summed E-state index contributed by atoms with van der Waals surface area (Å²) < 4.78 is 0.777. The Bertz CT molecular complexity index is 339. The van der Waals surface area contributed by atoms with Crippen LogP contribution in [0.3, 0.4) is 0 Å². The lowest BCUT2D eigenvalue weighted by Gasteiger charge is -1.98. The number of thiophene rings is 1. The standard InChI is InChI=1S/C8H6BrNOS/c1-5(4-10)7(11)8-6(9)2-3-12-8/h2-3,5H,1H3. The van der Waals surface area contributed by atoms with Crippen molar-refractivity contribution in [2.45, 2.75) is 6.92 Å². The molecule has 2 nitrogen and oxygen atoms in total. The van der Waals surface area contributed by atoms with Crippen LogP contribution in [0.4, 0.5) is 0 Å². The summed E-state index contributed by atoms with van der Waals surface area (Å²) in [5, 5.41) is 10.3. The number of carbonyl (C=O) groups excluding carboxylic acids is 1. The summed E-state index contributed by atoms with van der Waals surface area (Å²) in [7, 11) is 0. The summed E-state index contributed by atoms with van der Waals surface area (Å²) in [4.78, 5) is 12.0. The maximum absolute atomic E-state index is 11.4. The number of nitriles is 1. The number of hydrogen-bond acceptors (Lipinski definition) is 3. The number of Topliss-reactive ketones (excluding diaryl/α,β-unsaturated/α-hetero) is 1. The van der Waals surface area contributed by atoms with Crippen molar-refractivity contribution in [3.05, 3.63) is 20.8 Å². The molecule has 62 valence electrons. The van der Waals surface area contributed by atoms with E-state index < -0.39 is 5.92 Å². The molecular weight excluding hydrogens is 238 g/mol. The molecule has 1 rings (SSSR count). The third-order valence-electron chi connectivity index (χ3n) is 1.43. The van der Waals surface area contributed by atoms with Gasteiger partial charge in [0.1, 0.15) is 5.92 Å². The molecule has 1 aromatic heterocycles. The zero-order valence-corrected chi connectivity index (χ0v) is 8.78. The zero-order valence-electron chi connectivity index (χ0n) is 6.37. The second-order valence-electron chi connectivity index (χ2n) is 2.31. The summed E-state index contributed by atoms with van der Waals surface area (Å²) in [6.45, 7) is 1.61. The van der Waals surface area contributed by atoms with Gasteiger partial charge < -0.3 is 0 Å². The van der Waals surface area contributed by atoms with E-state index in [4.69, 9.17) is 5.26 Å². The molecule has 1 heterocycles. The summed E-state index contributed by atoms with van der Waals surface area (Å²) in [5.74, 6) is -0.667. The van der Waals surface area contributed by atoms with E-state index in [0.717, 1.165) is 4.47 Å². The van der Waals surface area contributed by atoms with Crippen molar-refractivity contribution in [2.75, 3.05) is 0 Å². The lowest BCUT2D eigenvalue weighted by atomic mass is 10.1. The average Bonchev–Trinajstić information content (AvgIpc) is 2.48. The van der Waals surface area contributed by atoms with Gasteiger partial charge in [-0.25, -0.2) is 0 Å². The molecule has 0 saturated heterocycles. The predicted molar refractivity (Wildman–Crippen MR) is 51.1 cm³/mol. The Morgan fingerprint density at radius 2 is 2.50 bits per heavy atom. The molecule has 0 aliphatic carbocycles. The molecule has 0 amide bonds. The van der Waals surface area contributed by atoms with E-state index in [1.165, 1.54) is 11.3 Å². The van der Waals surface area contributed by atoms with Gasteiger partial charge in [0.05, 0.1) is 10.9 Å². The highest BCUT2D eigenvalue weighted by Gasteiger charge is 2.17. The first-order valence-electron chi connectivity index (χ1n) is 3.33. The van der Waals surface area contributed by atoms with Gasteiger partial charge in [0, 0.05) is 4.47 Å². The fraction of sp³-hybridized carbons (Fsp3) is 0.250. The normalized spacial score (nSPS) is 12.1. The first-order chi connectivity index (χ1) is 5.66. The van der Waals surface area contributed by atoms with Gasteiger partial charge in [-0.15, -0.1) is 11.3 Å². The minimum Gasteiger partial charge on any atom is -0.292 e. The molecule has 0 aliphatic heterocycles. The maximum atomic E-state index is 11.4. The molecular formula is C8H6BrNOS. The molecule has 0 bridgehead atoms. The van der Waals surface area contributed by atoms with Crippen LogP contribution in [0.5, 0.6) is 0 Å². The van der Waals surface area contributed by atoms with Crippen LogP contribution in [-0.2, 0) is 0 Å². The quantitative estimate of drug-likeness (QED) is 0.750.